The fraction of sp³-hybridized carbons (Fsp3) is 0.294. The molecule has 2 atom stereocenters. The van der Waals surface area contributed by atoms with Crippen molar-refractivity contribution in [1.82, 2.24) is 0 Å². The molecule has 0 aromatic heterocycles. The zero-order chi connectivity index (χ0) is 14.9. The van der Waals surface area contributed by atoms with Crippen molar-refractivity contribution in [2.75, 3.05) is 11.9 Å². The zero-order valence-electron chi connectivity index (χ0n) is 11.7. The summed E-state index contributed by atoms with van der Waals surface area (Å²) in [6.45, 7) is 2.60. The van der Waals surface area contributed by atoms with Gasteiger partial charge in [-0.05, 0) is 24.6 Å². The molecule has 0 bridgehead atoms. The van der Waals surface area contributed by atoms with Gasteiger partial charge in [0, 0.05) is 10.6 Å². The third kappa shape index (κ3) is 3.02. The maximum absolute atomic E-state index is 6.24. The lowest BCUT2D eigenvalue weighted by molar-refractivity contribution is -0.157. The van der Waals surface area contributed by atoms with Gasteiger partial charge in [-0.3, -0.25) is 0 Å². The second kappa shape index (κ2) is 6.09. The molecular weight excluding hydrogens is 352 g/mol. The number of hydrogen-bond donors (Lipinski definition) is 0. The molecule has 2 nitrogen and oxygen atoms in total. The molecule has 0 N–H and O–H groups in total. The van der Waals surface area contributed by atoms with Crippen LogP contribution < -0.4 is 0 Å². The van der Waals surface area contributed by atoms with Gasteiger partial charge in [-0.2, -0.15) is 0 Å². The topological polar surface area (TPSA) is 18.5 Å². The van der Waals surface area contributed by atoms with Gasteiger partial charge >= 0.3 is 0 Å². The van der Waals surface area contributed by atoms with Crippen molar-refractivity contribution < 1.29 is 9.47 Å². The predicted octanol–water partition coefficient (Wildman–Crippen LogP) is 4.98. The number of aryl methyl sites for hydroxylation is 1. The molecule has 3 rings (SSSR count). The van der Waals surface area contributed by atoms with Crippen LogP contribution in [0.15, 0.2) is 48.5 Å². The van der Waals surface area contributed by atoms with Crippen molar-refractivity contribution in [2.45, 2.75) is 18.8 Å². The van der Waals surface area contributed by atoms with E-state index in [9.17, 15) is 0 Å². The van der Waals surface area contributed by atoms with Crippen molar-refractivity contribution in [1.29, 1.82) is 0 Å². The van der Waals surface area contributed by atoms with Gasteiger partial charge in [-0.1, -0.05) is 69.5 Å². The summed E-state index contributed by atoms with van der Waals surface area (Å²) in [6, 6.07) is 16.0. The average molecular weight is 368 g/mol. The number of hydrogen-bond acceptors (Lipinski definition) is 2. The quantitative estimate of drug-likeness (QED) is 0.712. The Kier molecular flexibility index (Phi) is 4.36. The van der Waals surface area contributed by atoms with Gasteiger partial charge in [0.2, 0.25) is 5.79 Å². The van der Waals surface area contributed by atoms with Crippen LogP contribution in [0.1, 0.15) is 22.8 Å². The van der Waals surface area contributed by atoms with Crippen LogP contribution >= 0.6 is 27.5 Å². The zero-order valence-corrected chi connectivity index (χ0v) is 14.0. The molecule has 0 radical (unpaired) electrons. The van der Waals surface area contributed by atoms with Crippen LogP contribution in [0, 0.1) is 6.92 Å². The van der Waals surface area contributed by atoms with E-state index in [0.717, 1.165) is 16.1 Å². The fourth-order valence-electron chi connectivity index (χ4n) is 2.46. The Morgan fingerprint density at radius 1 is 1.14 bits per heavy atom. The lowest BCUT2D eigenvalue weighted by Crippen LogP contribution is -2.29. The molecule has 0 saturated carbocycles. The molecule has 110 valence electrons. The van der Waals surface area contributed by atoms with E-state index in [0.29, 0.717) is 11.9 Å². The van der Waals surface area contributed by atoms with Gasteiger partial charge < -0.3 is 9.47 Å². The summed E-state index contributed by atoms with van der Waals surface area (Å²) in [5.41, 5.74) is 3.33. The van der Waals surface area contributed by atoms with Crippen LogP contribution in [-0.2, 0) is 15.3 Å². The van der Waals surface area contributed by atoms with Crippen molar-refractivity contribution in [3.8, 4) is 0 Å². The van der Waals surface area contributed by atoms with Crippen molar-refractivity contribution in [3.63, 3.8) is 0 Å². The molecule has 0 unspecified atom stereocenters. The Balaban J connectivity index is 1.85. The number of halogens is 2. The first-order chi connectivity index (χ1) is 10.1. The molecule has 21 heavy (non-hydrogen) atoms. The number of rotatable bonds is 3. The maximum atomic E-state index is 6.24. The van der Waals surface area contributed by atoms with E-state index in [1.54, 1.807) is 0 Å². The highest BCUT2D eigenvalue weighted by Gasteiger charge is 2.42. The van der Waals surface area contributed by atoms with Gasteiger partial charge in [-0.15, -0.1) is 0 Å². The number of alkyl halides is 1. The summed E-state index contributed by atoms with van der Waals surface area (Å²) in [4.78, 5) is 0. The maximum Gasteiger partial charge on any atom is 0.205 e. The van der Waals surface area contributed by atoms with Crippen LogP contribution in [-0.4, -0.2) is 11.9 Å². The fourth-order valence-corrected chi connectivity index (χ4v) is 3.20. The number of ether oxygens (including phenoxy) is 2. The molecule has 1 saturated heterocycles. The van der Waals surface area contributed by atoms with Gasteiger partial charge in [0.15, 0.2) is 0 Å². The summed E-state index contributed by atoms with van der Waals surface area (Å²) in [5, 5.41) is 1.32. The molecule has 4 heteroatoms. The third-order valence-electron chi connectivity index (χ3n) is 3.71. The molecule has 2 aromatic rings. The van der Waals surface area contributed by atoms with Crippen LogP contribution in [0.3, 0.4) is 0 Å². The van der Waals surface area contributed by atoms with E-state index < -0.39 is 5.79 Å². The predicted molar refractivity (Wildman–Crippen MR) is 87.9 cm³/mol. The molecule has 0 aliphatic carbocycles. The van der Waals surface area contributed by atoms with Crippen LogP contribution in [0.25, 0.3) is 0 Å². The largest absolute Gasteiger partial charge is 0.342 e. The first-order valence-electron chi connectivity index (χ1n) is 6.83. The molecule has 2 aromatic carbocycles. The Morgan fingerprint density at radius 3 is 2.43 bits per heavy atom. The van der Waals surface area contributed by atoms with Crippen molar-refractivity contribution in [3.05, 3.63) is 70.2 Å². The molecule has 0 spiro atoms. The van der Waals surface area contributed by atoms with E-state index in [-0.39, 0.29) is 6.10 Å². The van der Waals surface area contributed by atoms with Gasteiger partial charge in [-0.25, -0.2) is 0 Å². The lowest BCUT2D eigenvalue weighted by atomic mass is 10.1. The van der Waals surface area contributed by atoms with E-state index >= 15 is 0 Å². The van der Waals surface area contributed by atoms with E-state index in [4.69, 9.17) is 21.1 Å². The number of benzene rings is 2. The van der Waals surface area contributed by atoms with Gasteiger partial charge in [0.25, 0.3) is 0 Å². The van der Waals surface area contributed by atoms with Crippen molar-refractivity contribution in [2.24, 2.45) is 0 Å². The Hall–Kier alpha value is -0.870. The molecular formula is C17H16BrClO2. The highest BCUT2D eigenvalue weighted by atomic mass is 79.9. The highest BCUT2D eigenvalue weighted by Crippen LogP contribution is 2.41. The van der Waals surface area contributed by atoms with Gasteiger partial charge in [0.1, 0.15) is 6.10 Å². The average Bonchev–Trinajstić information content (AvgIpc) is 2.94. The standard InChI is InChI=1S/C17H16BrClO2/c1-12-2-6-14(7-3-12)17(11-18)20-10-16(21-17)13-4-8-15(19)9-5-13/h2-9,16H,10-11H2,1H3/t16-,17-/m0/s1. The SMILES string of the molecule is Cc1ccc([C@@]2(CBr)OC[C@@H](c3ccc(Cl)cc3)O2)cc1. The van der Waals surface area contributed by atoms with Crippen molar-refractivity contribution >= 4 is 27.5 Å². The minimum atomic E-state index is -0.724. The molecule has 1 heterocycles. The van der Waals surface area contributed by atoms with Crippen LogP contribution in [0.5, 0.6) is 0 Å². The molecule has 1 aliphatic heterocycles. The summed E-state index contributed by atoms with van der Waals surface area (Å²) in [7, 11) is 0. The Morgan fingerprint density at radius 2 is 1.81 bits per heavy atom. The Labute approximate surface area is 138 Å². The summed E-state index contributed by atoms with van der Waals surface area (Å²) >= 11 is 9.46. The van der Waals surface area contributed by atoms with Crippen LogP contribution in [0.2, 0.25) is 5.02 Å². The molecule has 1 fully saturated rings. The second-order valence-electron chi connectivity index (χ2n) is 5.22. The minimum Gasteiger partial charge on any atom is -0.342 e. The van der Waals surface area contributed by atoms with E-state index in [1.807, 2.05) is 24.3 Å². The second-order valence-corrected chi connectivity index (χ2v) is 6.22. The lowest BCUT2D eigenvalue weighted by Gasteiger charge is -2.26. The monoisotopic (exact) mass is 366 g/mol. The van der Waals surface area contributed by atoms with Gasteiger partial charge in [0.05, 0.1) is 11.9 Å². The van der Waals surface area contributed by atoms with E-state index in [1.165, 1.54) is 5.56 Å². The normalized spacial score (nSPS) is 25.2. The Bertz CT molecular complexity index is 612. The summed E-state index contributed by atoms with van der Waals surface area (Å²) < 4.78 is 12.2. The van der Waals surface area contributed by atoms with Crippen LogP contribution in [0.4, 0.5) is 0 Å². The summed E-state index contributed by atoms with van der Waals surface area (Å²) in [6.07, 6.45) is -0.0823. The molecule has 1 aliphatic rings. The summed E-state index contributed by atoms with van der Waals surface area (Å²) in [5.74, 6) is -0.724. The van der Waals surface area contributed by atoms with E-state index in [2.05, 4.69) is 47.1 Å². The first-order valence-corrected chi connectivity index (χ1v) is 8.33. The molecule has 0 amide bonds. The third-order valence-corrected chi connectivity index (χ3v) is 4.70. The first kappa shape index (κ1) is 15.0. The smallest absolute Gasteiger partial charge is 0.205 e. The highest BCUT2D eigenvalue weighted by molar-refractivity contribution is 9.09. The minimum absolute atomic E-state index is 0.0823.